The second kappa shape index (κ2) is 6.66. The van der Waals surface area contributed by atoms with Crippen LogP contribution in [0.2, 0.25) is 0 Å². The molecule has 0 spiro atoms. The fourth-order valence-electron chi connectivity index (χ4n) is 2.10. The van der Waals surface area contributed by atoms with Crippen LogP contribution in [0.3, 0.4) is 0 Å². The summed E-state index contributed by atoms with van der Waals surface area (Å²) in [4.78, 5) is 13.9. The van der Waals surface area contributed by atoms with Gasteiger partial charge in [0.15, 0.2) is 0 Å². The lowest BCUT2D eigenvalue weighted by Crippen LogP contribution is -2.38. The zero-order valence-electron chi connectivity index (χ0n) is 12.1. The Balaban J connectivity index is 2.75. The summed E-state index contributed by atoms with van der Waals surface area (Å²) in [7, 11) is 1.76. The molecule has 1 amide bonds. The van der Waals surface area contributed by atoms with Gasteiger partial charge in [-0.15, -0.1) is 0 Å². The molecule has 0 aromatic heterocycles. The zero-order valence-corrected chi connectivity index (χ0v) is 12.1. The van der Waals surface area contributed by atoms with Crippen molar-refractivity contribution in [3.63, 3.8) is 0 Å². The molecular weight excluding hydrogens is 243 g/mol. The number of carbonyl (C=O) groups excluding carboxylic acids is 1. The average molecular weight is 266 g/mol. The number of rotatable bonds is 5. The Hall–Kier alpha value is -1.42. The fourth-order valence-corrected chi connectivity index (χ4v) is 2.10. The molecule has 1 rings (SSSR count). The molecule has 0 saturated carbocycles. The predicted molar refractivity (Wildman–Crippen MR) is 75.0 cm³/mol. The Kier molecular flexibility index (Phi) is 5.48. The van der Waals surface area contributed by atoms with Crippen LogP contribution in [-0.2, 0) is 11.3 Å². The van der Waals surface area contributed by atoms with Gasteiger partial charge in [-0.25, -0.2) is 4.39 Å². The zero-order chi connectivity index (χ0) is 14.6. The van der Waals surface area contributed by atoms with E-state index in [0.29, 0.717) is 18.7 Å². The number of aryl methyl sites for hydroxylation is 1. The first-order valence-electron chi connectivity index (χ1n) is 6.56. The minimum Gasteiger partial charge on any atom is -0.341 e. The van der Waals surface area contributed by atoms with E-state index in [0.717, 1.165) is 5.56 Å². The molecule has 0 aliphatic carbocycles. The highest BCUT2D eigenvalue weighted by Gasteiger charge is 2.23. The van der Waals surface area contributed by atoms with Crippen LogP contribution in [-0.4, -0.2) is 24.4 Å². The van der Waals surface area contributed by atoms with Crippen molar-refractivity contribution in [3.8, 4) is 0 Å². The third kappa shape index (κ3) is 4.03. The monoisotopic (exact) mass is 266 g/mol. The number of benzene rings is 1. The van der Waals surface area contributed by atoms with Crippen LogP contribution in [0, 0.1) is 24.6 Å². The molecule has 106 valence electrons. The lowest BCUT2D eigenvalue weighted by molar-refractivity contribution is -0.135. The Labute approximate surface area is 114 Å². The first-order chi connectivity index (χ1) is 8.86. The Bertz CT molecular complexity index is 446. The summed E-state index contributed by atoms with van der Waals surface area (Å²) in [5.41, 5.74) is 7.17. The molecule has 0 saturated heterocycles. The number of nitrogens with two attached hydrogens (primary N) is 1. The van der Waals surface area contributed by atoms with E-state index >= 15 is 0 Å². The maximum Gasteiger partial charge on any atom is 0.227 e. The summed E-state index contributed by atoms with van der Waals surface area (Å²) in [6.45, 7) is 6.53. The highest BCUT2D eigenvalue weighted by Crippen LogP contribution is 2.15. The van der Waals surface area contributed by atoms with E-state index in [1.807, 2.05) is 13.8 Å². The predicted octanol–water partition coefficient (Wildman–Crippen LogP) is 2.32. The third-order valence-corrected chi connectivity index (χ3v) is 3.39. The third-order valence-electron chi connectivity index (χ3n) is 3.39. The van der Waals surface area contributed by atoms with Crippen molar-refractivity contribution in [2.75, 3.05) is 13.6 Å². The van der Waals surface area contributed by atoms with Crippen LogP contribution in [0.1, 0.15) is 25.0 Å². The lowest BCUT2D eigenvalue weighted by Gasteiger charge is -2.25. The van der Waals surface area contributed by atoms with Crippen LogP contribution in [0.4, 0.5) is 4.39 Å². The molecule has 19 heavy (non-hydrogen) atoms. The number of hydrogen-bond acceptors (Lipinski definition) is 2. The maximum absolute atomic E-state index is 13.2. The smallest absolute Gasteiger partial charge is 0.227 e. The van der Waals surface area contributed by atoms with Gasteiger partial charge in [0.1, 0.15) is 5.82 Å². The molecule has 0 fully saturated rings. The number of carbonyl (C=O) groups is 1. The van der Waals surface area contributed by atoms with Crippen LogP contribution in [0.25, 0.3) is 0 Å². The Morgan fingerprint density at radius 1 is 1.42 bits per heavy atom. The molecule has 0 heterocycles. The van der Waals surface area contributed by atoms with Gasteiger partial charge >= 0.3 is 0 Å². The summed E-state index contributed by atoms with van der Waals surface area (Å²) in [5.74, 6) is -0.124. The number of halogens is 1. The van der Waals surface area contributed by atoms with Crippen LogP contribution < -0.4 is 5.73 Å². The van der Waals surface area contributed by atoms with Crippen LogP contribution in [0.5, 0.6) is 0 Å². The van der Waals surface area contributed by atoms with Crippen molar-refractivity contribution < 1.29 is 9.18 Å². The second-order valence-corrected chi connectivity index (χ2v) is 5.36. The minimum atomic E-state index is -0.222. The summed E-state index contributed by atoms with van der Waals surface area (Å²) in [6, 6.07) is 4.91. The molecule has 0 bridgehead atoms. The summed E-state index contributed by atoms with van der Waals surface area (Å²) >= 11 is 0. The SMILES string of the molecule is Cc1cc(CN(C)C(=O)C(CN)C(C)C)ccc1F. The highest BCUT2D eigenvalue weighted by molar-refractivity contribution is 5.79. The first-order valence-corrected chi connectivity index (χ1v) is 6.56. The summed E-state index contributed by atoms with van der Waals surface area (Å²) in [5, 5.41) is 0. The van der Waals surface area contributed by atoms with Gasteiger partial charge in [0.2, 0.25) is 5.91 Å². The first kappa shape index (κ1) is 15.6. The Morgan fingerprint density at radius 3 is 2.53 bits per heavy atom. The van der Waals surface area contributed by atoms with Gasteiger partial charge in [0.25, 0.3) is 0 Å². The van der Waals surface area contributed by atoms with Gasteiger partial charge < -0.3 is 10.6 Å². The molecule has 2 N–H and O–H groups in total. The Morgan fingerprint density at radius 2 is 2.05 bits per heavy atom. The molecule has 1 unspecified atom stereocenters. The number of hydrogen-bond donors (Lipinski definition) is 1. The van der Waals surface area contributed by atoms with E-state index in [4.69, 9.17) is 5.73 Å². The van der Waals surface area contributed by atoms with Crippen molar-refractivity contribution in [1.82, 2.24) is 4.90 Å². The van der Waals surface area contributed by atoms with Crippen molar-refractivity contribution in [2.45, 2.75) is 27.3 Å². The molecule has 1 aromatic carbocycles. The van der Waals surface area contributed by atoms with Crippen molar-refractivity contribution in [1.29, 1.82) is 0 Å². The lowest BCUT2D eigenvalue weighted by atomic mass is 9.94. The molecule has 0 aliphatic heterocycles. The van der Waals surface area contributed by atoms with E-state index in [9.17, 15) is 9.18 Å². The molecule has 1 atom stereocenters. The molecule has 1 aromatic rings. The van der Waals surface area contributed by atoms with Gasteiger partial charge in [0.05, 0.1) is 5.92 Å². The van der Waals surface area contributed by atoms with Gasteiger partial charge in [-0.05, 0) is 30.0 Å². The molecular formula is C15H23FN2O. The largest absolute Gasteiger partial charge is 0.341 e. The highest BCUT2D eigenvalue weighted by atomic mass is 19.1. The molecule has 3 nitrogen and oxygen atoms in total. The van der Waals surface area contributed by atoms with Crippen molar-refractivity contribution in [3.05, 3.63) is 35.1 Å². The normalized spacial score (nSPS) is 12.6. The van der Waals surface area contributed by atoms with E-state index in [1.165, 1.54) is 6.07 Å². The minimum absolute atomic E-state index is 0.0412. The number of nitrogens with zero attached hydrogens (tertiary/aromatic N) is 1. The van der Waals surface area contributed by atoms with E-state index < -0.39 is 0 Å². The van der Waals surface area contributed by atoms with Gasteiger partial charge in [-0.2, -0.15) is 0 Å². The molecule has 0 aliphatic rings. The topological polar surface area (TPSA) is 46.3 Å². The van der Waals surface area contributed by atoms with Crippen LogP contribution in [0.15, 0.2) is 18.2 Å². The van der Waals surface area contributed by atoms with Gasteiger partial charge in [-0.3, -0.25) is 4.79 Å². The standard InChI is InChI=1S/C15H23FN2O/c1-10(2)13(8-17)15(19)18(4)9-12-5-6-14(16)11(3)7-12/h5-7,10,13H,8-9,17H2,1-4H3. The second-order valence-electron chi connectivity index (χ2n) is 5.36. The fraction of sp³-hybridized carbons (Fsp3) is 0.533. The van der Waals surface area contributed by atoms with E-state index in [-0.39, 0.29) is 23.6 Å². The quantitative estimate of drug-likeness (QED) is 0.889. The van der Waals surface area contributed by atoms with E-state index in [2.05, 4.69) is 0 Å². The number of amides is 1. The average Bonchev–Trinajstić information content (AvgIpc) is 2.34. The summed E-state index contributed by atoms with van der Waals surface area (Å²) in [6.07, 6.45) is 0. The van der Waals surface area contributed by atoms with Gasteiger partial charge in [0, 0.05) is 20.1 Å². The van der Waals surface area contributed by atoms with Crippen molar-refractivity contribution >= 4 is 5.91 Å². The maximum atomic E-state index is 13.2. The molecule has 4 heteroatoms. The van der Waals surface area contributed by atoms with E-state index in [1.54, 1.807) is 31.0 Å². The molecule has 0 radical (unpaired) electrons. The van der Waals surface area contributed by atoms with Crippen LogP contribution >= 0.6 is 0 Å². The van der Waals surface area contributed by atoms with Gasteiger partial charge in [-0.1, -0.05) is 26.0 Å². The van der Waals surface area contributed by atoms with Crippen molar-refractivity contribution in [2.24, 2.45) is 17.6 Å². The summed E-state index contributed by atoms with van der Waals surface area (Å²) < 4.78 is 13.2.